The van der Waals surface area contributed by atoms with E-state index in [1.165, 1.54) is 30.4 Å². The average Bonchev–Trinajstić information content (AvgIpc) is 2.98. The molecule has 1 heterocycles. The summed E-state index contributed by atoms with van der Waals surface area (Å²) in [5, 5.41) is 0. The van der Waals surface area contributed by atoms with Crippen LogP contribution < -0.4 is 4.74 Å². The highest BCUT2D eigenvalue weighted by Gasteiger charge is 2.29. The molecule has 4 nitrogen and oxygen atoms in total. The molecule has 0 unspecified atom stereocenters. The molecule has 0 atom stereocenters. The largest absolute Gasteiger partial charge is 0.494 e. The molecule has 1 amide bonds. The van der Waals surface area contributed by atoms with Gasteiger partial charge in [0.15, 0.2) is 0 Å². The highest BCUT2D eigenvalue weighted by atomic mass is 16.5. The minimum absolute atomic E-state index is 0.139. The first-order chi connectivity index (χ1) is 19.2. The summed E-state index contributed by atoms with van der Waals surface area (Å²) in [5.74, 6) is 1.04. The Balaban J connectivity index is 1.44. The van der Waals surface area contributed by atoms with E-state index in [9.17, 15) is 4.79 Å². The molecule has 0 N–H and O–H groups in total. The highest BCUT2D eigenvalue weighted by Crippen LogP contribution is 2.24. The average molecular weight is 527 g/mol. The van der Waals surface area contributed by atoms with Crippen LogP contribution in [0.5, 0.6) is 5.75 Å². The van der Waals surface area contributed by atoms with Gasteiger partial charge < -0.3 is 9.64 Å². The predicted molar refractivity (Wildman–Crippen MR) is 161 cm³/mol. The quantitative estimate of drug-likeness (QED) is 0.200. The van der Waals surface area contributed by atoms with Crippen LogP contribution in [0, 0.1) is 0 Å². The summed E-state index contributed by atoms with van der Waals surface area (Å²) < 4.78 is 5.86. The number of amides is 1. The van der Waals surface area contributed by atoms with Gasteiger partial charge in [-0.1, -0.05) is 87.7 Å². The van der Waals surface area contributed by atoms with E-state index in [1.54, 1.807) is 0 Å². The molecule has 0 aliphatic carbocycles. The summed E-state index contributed by atoms with van der Waals surface area (Å²) in [4.78, 5) is 18.6. The van der Waals surface area contributed by atoms with Crippen molar-refractivity contribution in [2.24, 2.45) is 0 Å². The van der Waals surface area contributed by atoms with Crippen molar-refractivity contribution in [3.05, 3.63) is 101 Å². The number of benzene rings is 3. The third-order valence-corrected chi connectivity index (χ3v) is 7.82. The molecule has 4 rings (SSSR count). The lowest BCUT2D eigenvalue weighted by Gasteiger charge is -2.39. The van der Waals surface area contributed by atoms with Crippen molar-refractivity contribution in [3.8, 4) is 5.75 Å². The number of piperidine rings is 1. The van der Waals surface area contributed by atoms with Crippen LogP contribution in [0.25, 0.3) is 0 Å². The van der Waals surface area contributed by atoms with Gasteiger partial charge in [-0.3, -0.25) is 9.69 Å². The Morgan fingerprint density at radius 2 is 1.46 bits per heavy atom. The first-order valence-corrected chi connectivity index (χ1v) is 15.0. The lowest BCUT2D eigenvalue weighted by molar-refractivity contribution is 0.0543. The summed E-state index contributed by atoms with van der Waals surface area (Å²) in [6.45, 7) is 8.75. The Morgan fingerprint density at radius 3 is 2.13 bits per heavy atom. The minimum atomic E-state index is 0.139. The first-order valence-electron chi connectivity index (χ1n) is 15.0. The number of hydrogen-bond acceptors (Lipinski definition) is 3. The number of nitrogens with zero attached hydrogens (tertiary/aromatic N) is 2. The number of ether oxygens (including phenoxy) is 1. The molecule has 1 fully saturated rings. The Kier molecular flexibility index (Phi) is 11.5. The SMILES string of the molecule is CCCCCc1ccc(C(=O)N(Cc2ccc(OCCCC)cc2)C2CCN(Cc3ccccc3)CC2)cc1. The molecule has 0 bridgehead atoms. The monoisotopic (exact) mass is 526 g/mol. The van der Waals surface area contributed by atoms with E-state index in [4.69, 9.17) is 4.74 Å². The maximum absolute atomic E-state index is 13.9. The number of carbonyl (C=O) groups excluding carboxylic acids is 1. The molecule has 4 heteroatoms. The van der Waals surface area contributed by atoms with Gasteiger partial charge in [0.05, 0.1) is 6.61 Å². The van der Waals surface area contributed by atoms with Gasteiger partial charge in [-0.05, 0) is 73.1 Å². The number of rotatable bonds is 14. The summed E-state index contributed by atoms with van der Waals surface area (Å²) in [7, 11) is 0. The molecule has 0 aromatic heterocycles. The van der Waals surface area contributed by atoms with Gasteiger partial charge in [-0.2, -0.15) is 0 Å². The zero-order valence-electron chi connectivity index (χ0n) is 24.0. The second-order valence-corrected chi connectivity index (χ2v) is 10.9. The van der Waals surface area contributed by atoms with Crippen LogP contribution in [0.15, 0.2) is 78.9 Å². The zero-order chi connectivity index (χ0) is 27.3. The standard InChI is InChI=1S/C35H46N2O2/c1-3-5-8-11-29-14-18-32(19-15-29)35(38)37(28-31-16-20-34(21-17-31)39-26-6-4-2)33-22-24-36(25-23-33)27-30-12-9-7-10-13-30/h7,9-10,12-21,33H,3-6,8,11,22-28H2,1-2H3. The van der Waals surface area contributed by atoms with Crippen LogP contribution in [0.1, 0.15) is 85.8 Å². The topological polar surface area (TPSA) is 32.8 Å². The van der Waals surface area contributed by atoms with Gasteiger partial charge in [0, 0.05) is 37.8 Å². The van der Waals surface area contributed by atoms with Crippen LogP contribution in [0.3, 0.4) is 0 Å². The second-order valence-electron chi connectivity index (χ2n) is 10.9. The molecule has 3 aromatic rings. The van der Waals surface area contributed by atoms with Gasteiger partial charge in [-0.15, -0.1) is 0 Å². The Labute approximate surface area is 236 Å². The summed E-state index contributed by atoms with van der Waals surface area (Å²) in [5.41, 5.74) is 4.61. The van der Waals surface area contributed by atoms with Crippen molar-refractivity contribution >= 4 is 5.91 Å². The van der Waals surface area contributed by atoms with Gasteiger partial charge in [0.2, 0.25) is 0 Å². The molecule has 39 heavy (non-hydrogen) atoms. The number of carbonyl (C=O) groups is 1. The van der Waals surface area contributed by atoms with E-state index in [-0.39, 0.29) is 11.9 Å². The Bertz CT molecular complexity index is 1100. The van der Waals surface area contributed by atoms with E-state index >= 15 is 0 Å². The molecule has 1 saturated heterocycles. The fourth-order valence-electron chi connectivity index (χ4n) is 5.38. The fraction of sp³-hybridized carbons (Fsp3) is 0.457. The van der Waals surface area contributed by atoms with Crippen LogP contribution in [-0.2, 0) is 19.5 Å². The number of aryl methyl sites for hydroxylation is 1. The Morgan fingerprint density at radius 1 is 0.795 bits per heavy atom. The summed E-state index contributed by atoms with van der Waals surface area (Å²) in [6.07, 6.45) is 8.93. The van der Waals surface area contributed by atoms with Gasteiger partial charge >= 0.3 is 0 Å². The normalized spacial score (nSPS) is 14.3. The molecule has 0 spiro atoms. The molecular weight excluding hydrogens is 480 g/mol. The van der Waals surface area contributed by atoms with Crippen LogP contribution >= 0.6 is 0 Å². The lowest BCUT2D eigenvalue weighted by Crippen LogP contribution is -2.46. The van der Waals surface area contributed by atoms with Crippen molar-refractivity contribution < 1.29 is 9.53 Å². The van der Waals surface area contributed by atoms with Gasteiger partial charge in [-0.25, -0.2) is 0 Å². The van der Waals surface area contributed by atoms with Crippen LogP contribution in [0.2, 0.25) is 0 Å². The molecule has 0 radical (unpaired) electrons. The maximum Gasteiger partial charge on any atom is 0.254 e. The van der Waals surface area contributed by atoms with Crippen LogP contribution in [0.4, 0.5) is 0 Å². The maximum atomic E-state index is 13.9. The number of hydrogen-bond donors (Lipinski definition) is 0. The predicted octanol–water partition coefficient (Wildman–Crippen LogP) is 7.91. The van der Waals surface area contributed by atoms with E-state index in [2.05, 4.69) is 78.2 Å². The van der Waals surface area contributed by atoms with Crippen molar-refractivity contribution in [1.82, 2.24) is 9.80 Å². The summed E-state index contributed by atoms with van der Waals surface area (Å²) in [6, 6.07) is 27.6. The third kappa shape index (κ3) is 8.96. The third-order valence-electron chi connectivity index (χ3n) is 7.82. The number of likely N-dealkylation sites (tertiary alicyclic amines) is 1. The first kappa shape index (κ1) is 28.9. The Hall–Kier alpha value is -3.11. The molecule has 1 aliphatic rings. The van der Waals surface area contributed by atoms with E-state index in [0.29, 0.717) is 6.54 Å². The molecule has 3 aromatic carbocycles. The molecule has 208 valence electrons. The van der Waals surface area contributed by atoms with E-state index in [0.717, 1.165) is 75.2 Å². The van der Waals surface area contributed by atoms with Crippen molar-refractivity contribution in [2.75, 3.05) is 19.7 Å². The van der Waals surface area contributed by atoms with Gasteiger partial charge in [0.1, 0.15) is 5.75 Å². The second kappa shape index (κ2) is 15.5. The zero-order valence-corrected chi connectivity index (χ0v) is 24.0. The summed E-state index contributed by atoms with van der Waals surface area (Å²) >= 11 is 0. The number of unbranched alkanes of at least 4 members (excludes halogenated alkanes) is 3. The lowest BCUT2D eigenvalue weighted by atomic mass is 9.99. The van der Waals surface area contributed by atoms with Crippen molar-refractivity contribution in [1.29, 1.82) is 0 Å². The van der Waals surface area contributed by atoms with Crippen molar-refractivity contribution in [3.63, 3.8) is 0 Å². The highest BCUT2D eigenvalue weighted by molar-refractivity contribution is 5.94. The van der Waals surface area contributed by atoms with Gasteiger partial charge in [0.25, 0.3) is 5.91 Å². The van der Waals surface area contributed by atoms with Crippen molar-refractivity contribution in [2.45, 2.75) is 84.3 Å². The van der Waals surface area contributed by atoms with Crippen LogP contribution in [-0.4, -0.2) is 41.4 Å². The van der Waals surface area contributed by atoms with E-state index < -0.39 is 0 Å². The molecule has 0 saturated carbocycles. The minimum Gasteiger partial charge on any atom is -0.494 e. The molecule has 1 aliphatic heterocycles. The fourth-order valence-corrected chi connectivity index (χ4v) is 5.38. The smallest absolute Gasteiger partial charge is 0.254 e. The van der Waals surface area contributed by atoms with E-state index in [1.807, 2.05) is 24.3 Å². The molecular formula is C35H46N2O2.